The Hall–Kier alpha value is -6.90. The van der Waals surface area contributed by atoms with Crippen LogP contribution >= 0.6 is 11.8 Å². The first-order valence-corrected chi connectivity index (χ1v) is 31.4. The first-order valence-electron chi connectivity index (χ1n) is 30.3. The van der Waals surface area contributed by atoms with Crippen LogP contribution in [-0.2, 0) is 76.3 Å². The summed E-state index contributed by atoms with van der Waals surface area (Å²) in [6, 6.07) is -2.82. The molecule has 16 atom stereocenters. The lowest BCUT2D eigenvalue weighted by Crippen LogP contribution is -2.49. The van der Waals surface area contributed by atoms with E-state index in [4.69, 9.17) is 56.9 Å². The number of ketones is 1. The Bertz CT molecular complexity index is 2860. The number of esters is 2. The molecule has 0 saturated carbocycles. The average Bonchev–Trinajstić information content (AvgIpc) is 1.69. The van der Waals surface area contributed by atoms with Crippen molar-refractivity contribution in [2.75, 3.05) is 68.1 Å². The summed E-state index contributed by atoms with van der Waals surface area (Å²) in [4.78, 5) is 117. The van der Waals surface area contributed by atoms with Crippen LogP contribution in [0.2, 0.25) is 0 Å². The third-order valence-corrected chi connectivity index (χ3v) is 17.4. The molecule has 0 spiro atoms. The van der Waals surface area contributed by atoms with E-state index in [1.54, 1.807) is 59.7 Å². The number of methoxy groups -OCH3 is 5. The van der Waals surface area contributed by atoms with Gasteiger partial charge in [-0.3, -0.25) is 38.4 Å². The van der Waals surface area contributed by atoms with Crippen LogP contribution in [0.4, 0.5) is 0 Å². The second-order valence-corrected chi connectivity index (χ2v) is 24.4. The van der Waals surface area contributed by atoms with Crippen molar-refractivity contribution in [3.63, 3.8) is 0 Å². The minimum Gasteiger partial charge on any atom is -0.480 e. The summed E-state index contributed by atoms with van der Waals surface area (Å²) in [7, 11) is 9.12. The molecule has 29 nitrogen and oxygen atoms in total. The molecular weight excluding hydrogens is 1230 g/mol. The Morgan fingerprint density at radius 1 is 0.891 bits per heavy atom. The zero-order valence-electron chi connectivity index (χ0n) is 54.4. The molecule has 514 valence electrons. The van der Waals surface area contributed by atoms with Gasteiger partial charge in [-0.1, -0.05) is 46.8 Å². The number of thioether (sulfide) groups is 1. The number of nitrogens with two attached hydrogens (primary N) is 1. The number of nitrogens with one attached hydrogen (secondary N) is 2. The Morgan fingerprint density at radius 2 is 1.59 bits per heavy atom. The number of amides is 3. The predicted octanol–water partition coefficient (Wildman–Crippen LogP) is 5.04. The van der Waals surface area contributed by atoms with Crippen LogP contribution in [0, 0.1) is 29.6 Å². The van der Waals surface area contributed by atoms with Crippen molar-refractivity contribution in [2.24, 2.45) is 35.3 Å². The monoisotopic (exact) mass is 1320 g/mol. The number of aromatic nitrogens is 3. The van der Waals surface area contributed by atoms with E-state index < -0.39 is 145 Å². The normalized spacial score (nSPS) is 22.8. The van der Waals surface area contributed by atoms with Crippen LogP contribution in [0.15, 0.2) is 50.4 Å². The van der Waals surface area contributed by atoms with Crippen LogP contribution in [-0.4, -0.2) is 211 Å². The Kier molecular flexibility index (Phi) is 33.4. The van der Waals surface area contributed by atoms with Crippen molar-refractivity contribution in [2.45, 2.75) is 165 Å². The second-order valence-electron chi connectivity index (χ2n) is 23.0. The number of hydrogen-bond acceptors (Lipinski definition) is 25. The van der Waals surface area contributed by atoms with Gasteiger partial charge >= 0.3 is 23.9 Å². The smallest absolute Gasteiger partial charge is 0.322 e. The number of carboxylic acid groups (broad SMARTS) is 2. The number of aliphatic hydroxyl groups excluding tert-OH is 1. The summed E-state index contributed by atoms with van der Waals surface area (Å²) >= 11 is 0.979. The van der Waals surface area contributed by atoms with E-state index in [1.807, 2.05) is 27.7 Å². The number of carbonyl (C=O) groups excluding carboxylic acids is 6. The van der Waals surface area contributed by atoms with Gasteiger partial charge in [0.15, 0.2) is 11.4 Å². The first kappa shape index (κ1) is 77.5. The molecular formula is C62H93N7O22S. The van der Waals surface area contributed by atoms with Gasteiger partial charge in [0.05, 0.1) is 44.1 Å². The Morgan fingerprint density at radius 3 is 2.23 bits per heavy atom. The highest BCUT2D eigenvalue weighted by Crippen LogP contribution is 2.35. The number of carboxylic acids is 2. The van der Waals surface area contributed by atoms with Gasteiger partial charge < -0.3 is 87.7 Å². The van der Waals surface area contributed by atoms with Crippen molar-refractivity contribution < 1.29 is 105 Å². The van der Waals surface area contributed by atoms with Gasteiger partial charge in [-0.05, 0) is 44.1 Å². The lowest BCUT2D eigenvalue weighted by Gasteiger charge is -2.36. The van der Waals surface area contributed by atoms with E-state index in [2.05, 4.69) is 25.6 Å². The fourth-order valence-electron chi connectivity index (χ4n) is 10.5. The molecule has 1 aliphatic heterocycles. The lowest BCUT2D eigenvalue weighted by molar-refractivity contribution is -0.160. The minimum atomic E-state index is -1.48. The van der Waals surface area contributed by atoms with Crippen LogP contribution in [0.3, 0.4) is 0 Å². The van der Waals surface area contributed by atoms with Crippen molar-refractivity contribution in [1.29, 1.82) is 0 Å². The van der Waals surface area contributed by atoms with Gasteiger partial charge in [0.1, 0.15) is 73.3 Å². The SMILES string of the molecule is COCC(COC(CCC(C)C(CC1OC(=O)CC(O)CC(SC[C@H](NC(=O)CC[C@H](N)C(=O)O)C(=O)NCC(=O)O)CC(=O)C(C)C(OC)c2coc(n2)-c2coc(n2)-c2coc(n2)/C=C/CC(OC)C1C)OC)C(C)C(OC(C)=O)C(C)/C=C/N(C)C=O)OC. The van der Waals surface area contributed by atoms with Gasteiger partial charge in [0.2, 0.25) is 35.9 Å². The minimum absolute atomic E-state index is 0.0312. The molecule has 14 unspecified atom stereocenters. The number of cyclic esters (lactones) is 1. The molecule has 7 N–H and O–H groups in total. The van der Waals surface area contributed by atoms with E-state index in [0.717, 1.165) is 11.8 Å². The number of oxazole rings is 3. The van der Waals surface area contributed by atoms with Crippen molar-refractivity contribution in [3.05, 3.63) is 48.7 Å². The molecule has 6 bridgehead atoms. The third-order valence-electron chi connectivity index (χ3n) is 16.0. The van der Waals surface area contributed by atoms with E-state index in [9.17, 15) is 53.7 Å². The topological polar surface area (TPSA) is 402 Å². The van der Waals surface area contributed by atoms with Gasteiger partial charge in [0, 0.05) is 110 Å². The molecule has 0 aliphatic carbocycles. The van der Waals surface area contributed by atoms with Crippen molar-refractivity contribution in [3.8, 4) is 23.2 Å². The van der Waals surface area contributed by atoms with Gasteiger partial charge in [0.25, 0.3) is 0 Å². The number of nitrogens with zero attached hydrogens (tertiary/aromatic N) is 4. The number of aliphatic carboxylic acids is 2. The number of ether oxygens (including phenoxy) is 8. The molecule has 3 aromatic heterocycles. The van der Waals surface area contributed by atoms with Crippen LogP contribution in [0.1, 0.15) is 117 Å². The molecule has 4 heterocycles. The molecule has 3 amide bonds. The number of rotatable bonds is 33. The number of Topliss-reactive ketones (excluding diaryl/α,β-unsaturated/α-hetero) is 1. The third kappa shape index (κ3) is 25.2. The summed E-state index contributed by atoms with van der Waals surface area (Å²) in [5.41, 5.74) is 6.28. The Balaban J connectivity index is 1.74. The molecule has 30 heteroatoms. The highest BCUT2D eigenvalue weighted by molar-refractivity contribution is 8.00. The number of carbonyl (C=O) groups is 8. The zero-order chi connectivity index (χ0) is 68.2. The summed E-state index contributed by atoms with van der Waals surface area (Å²) < 4.78 is 65.2. The van der Waals surface area contributed by atoms with Crippen molar-refractivity contribution >= 4 is 65.7 Å². The zero-order valence-corrected chi connectivity index (χ0v) is 55.2. The molecule has 4 rings (SSSR count). The van der Waals surface area contributed by atoms with Gasteiger partial charge in [-0.15, -0.1) is 0 Å². The van der Waals surface area contributed by atoms with Crippen LogP contribution in [0.5, 0.6) is 0 Å². The fraction of sp³-hybridized carbons (Fsp3) is 0.661. The predicted molar refractivity (Wildman–Crippen MR) is 332 cm³/mol. The largest absolute Gasteiger partial charge is 0.480 e. The highest BCUT2D eigenvalue weighted by atomic mass is 32.2. The number of hydrogen-bond donors (Lipinski definition) is 6. The van der Waals surface area contributed by atoms with Crippen LogP contribution in [0.25, 0.3) is 29.2 Å². The quantitative estimate of drug-likeness (QED) is 0.0343. The molecule has 0 fully saturated rings. The lowest BCUT2D eigenvalue weighted by atomic mass is 9.83. The maximum absolute atomic E-state index is 14.5. The second kappa shape index (κ2) is 39.6. The van der Waals surface area contributed by atoms with Gasteiger partial charge in [-0.2, -0.15) is 11.8 Å². The summed E-state index contributed by atoms with van der Waals surface area (Å²) in [5.74, 6) is -8.60. The van der Waals surface area contributed by atoms with E-state index >= 15 is 0 Å². The highest BCUT2D eigenvalue weighted by Gasteiger charge is 2.38. The Labute approximate surface area is 539 Å². The molecule has 0 saturated heterocycles. The maximum atomic E-state index is 14.5. The fourth-order valence-corrected chi connectivity index (χ4v) is 11.8. The summed E-state index contributed by atoms with van der Waals surface area (Å²) in [6.45, 7) is 10.1. The molecule has 92 heavy (non-hydrogen) atoms. The first-order chi connectivity index (χ1) is 43.7. The molecule has 0 radical (unpaired) electrons. The summed E-state index contributed by atoms with van der Waals surface area (Å²) in [6.07, 6.45) is 4.70. The molecule has 1 aliphatic rings. The van der Waals surface area contributed by atoms with Crippen LogP contribution < -0.4 is 16.4 Å². The average molecular weight is 1320 g/mol. The van der Waals surface area contributed by atoms with Crippen molar-refractivity contribution in [1.82, 2.24) is 30.5 Å². The van der Waals surface area contributed by atoms with E-state index in [-0.39, 0.29) is 97.7 Å². The maximum Gasteiger partial charge on any atom is 0.322 e. The number of fused-ring (bicyclic) bond motifs is 8. The molecule has 3 aromatic rings. The standard InChI is InChI=1S/C62H93N7O22S/c1-34(16-18-50(86-28-41(82-9)27-81-8)38(5)57(90-39(6)71)35(2)20-21-69(7)33-70)51(84-11)25-52-37(4)49(83-10)14-13-15-54-66-45(30-87-54)60-68-46(31-89-60)61-67-44(29-88-61)58(85-12)36(3)48(73)24-42(22-40(72)23-56(77)91-52)92-32-47(59(78)64-26-55(75)76)65-53(74)19-17-43(63)62(79)80/h13,15,20-21,29-31,33-38,40-43,47,49-52,57-58,72H,14,16-19,22-28,32,63H2,1-12H3,(H,64,78)(H,65,74)(H,75,76)(H,79,80)/b15-13+,21-20+/t34?,35?,36?,37?,38?,40?,41?,42?,43-,47-,49?,50?,51?,52?,57?,58?/m0/s1. The summed E-state index contributed by atoms with van der Waals surface area (Å²) in [5, 5.41) is 34.4. The van der Waals surface area contributed by atoms with E-state index in [0.29, 0.717) is 19.3 Å². The molecule has 0 aromatic carbocycles. The van der Waals surface area contributed by atoms with Gasteiger partial charge in [-0.25, -0.2) is 15.0 Å². The number of aliphatic hydroxyl groups is 1. The van der Waals surface area contributed by atoms with E-state index in [1.165, 1.54) is 44.8 Å².